The molecule has 0 saturated carbocycles. The number of fused-ring (bicyclic) bond motifs is 7. The molecule has 0 N–H and O–H groups in total. The van der Waals surface area contributed by atoms with Crippen molar-refractivity contribution in [2.75, 3.05) is 0 Å². The second-order valence-electron chi connectivity index (χ2n) is 5.66. The van der Waals surface area contributed by atoms with E-state index in [1.165, 1.54) is 42.6 Å². The Hall–Kier alpha value is -2.19. The molecule has 0 radical (unpaired) electrons. The van der Waals surface area contributed by atoms with Crippen LogP contribution in [-0.4, -0.2) is 4.98 Å². The minimum absolute atomic E-state index is 1.01. The summed E-state index contributed by atoms with van der Waals surface area (Å²) in [7, 11) is 0. The molecule has 0 amide bonds. The molecule has 2 heteroatoms. The molecule has 1 nitrogen and oxygen atoms in total. The fourth-order valence-corrected chi connectivity index (χ4v) is 4.67. The van der Waals surface area contributed by atoms with Crippen molar-refractivity contribution in [2.24, 2.45) is 0 Å². The molecule has 2 aromatic heterocycles. The Kier molecular flexibility index (Phi) is 2.14. The summed E-state index contributed by atoms with van der Waals surface area (Å²) in [4.78, 5) is 4.93. The van der Waals surface area contributed by atoms with Gasteiger partial charge < -0.3 is 0 Å². The van der Waals surface area contributed by atoms with Crippen LogP contribution in [0.25, 0.3) is 31.4 Å². The zero-order chi connectivity index (χ0) is 14.0. The number of benzene rings is 2. The van der Waals surface area contributed by atoms with Crippen molar-refractivity contribution in [3.8, 4) is 11.3 Å². The highest BCUT2D eigenvalue weighted by molar-refractivity contribution is 7.26. The van der Waals surface area contributed by atoms with Crippen molar-refractivity contribution in [3.63, 3.8) is 0 Å². The third kappa shape index (κ3) is 1.43. The van der Waals surface area contributed by atoms with Crippen molar-refractivity contribution in [1.82, 2.24) is 4.98 Å². The summed E-state index contributed by atoms with van der Waals surface area (Å²) in [6, 6.07) is 17.4. The van der Waals surface area contributed by atoms with Crippen LogP contribution in [0, 0.1) is 6.92 Å². The van der Waals surface area contributed by atoms with Gasteiger partial charge in [-0.3, -0.25) is 4.98 Å². The molecule has 0 unspecified atom stereocenters. The van der Waals surface area contributed by atoms with E-state index in [4.69, 9.17) is 4.98 Å². The summed E-state index contributed by atoms with van der Waals surface area (Å²) in [5.41, 5.74) is 6.48. The van der Waals surface area contributed by atoms with Crippen LogP contribution in [0.1, 0.15) is 16.8 Å². The van der Waals surface area contributed by atoms with Gasteiger partial charge in [0.2, 0.25) is 0 Å². The quantitative estimate of drug-likeness (QED) is 0.375. The van der Waals surface area contributed by atoms with Gasteiger partial charge in [0.05, 0.1) is 16.1 Å². The van der Waals surface area contributed by atoms with E-state index in [0.717, 1.165) is 12.1 Å². The van der Waals surface area contributed by atoms with Gasteiger partial charge in [0, 0.05) is 27.5 Å². The van der Waals surface area contributed by atoms with E-state index in [2.05, 4.69) is 55.5 Å². The first kappa shape index (κ1) is 11.5. The minimum atomic E-state index is 1.01. The van der Waals surface area contributed by atoms with Gasteiger partial charge >= 0.3 is 0 Å². The Morgan fingerprint density at radius 3 is 2.76 bits per heavy atom. The third-order valence-electron chi connectivity index (χ3n) is 4.43. The van der Waals surface area contributed by atoms with Crippen LogP contribution in [0.4, 0.5) is 0 Å². The maximum atomic E-state index is 4.93. The van der Waals surface area contributed by atoms with Gasteiger partial charge in [-0.15, -0.1) is 11.3 Å². The van der Waals surface area contributed by atoms with Gasteiger partial charge in [0.25, 0.3) is 0 Å². The normalized spacial score (nSPS) is 12.8. The number of thiophene rings is 1. The maximum Gasteiger partial charge on any atom is 0.0750 e. The van der Waals surface area contributed by atoms with Crippen molar-refractivity contribution >= 4 is 31.5 Å². The molecule has 2 heterocycles. The highest BCUT2D eigenvalue weighted by atomic mass is 32.1. The summed E-state index contributed by atoms with van der Waals surface area (Å²) < 4.78 is 2.71. The van der Waals surface area contributed by atoms with Gasteiger partial charge in [0.15, 0.2) is 0 Å². The molecule has 2 aromatic carbocycles. The fourth-order valence-electron chi connectivity index (χ4n) is 3.50. The van der Waals surface area contributed by atoms with E-state index in [1.807, 2.05) is 11.3 Å². The number of pyridine rings is 1. The Balaban J connectivity index is 2.00. The lowest BCUT2D eigenvalue weighted by Gasteiger charge is -2.05. The number of nitrogens with zero attached hydrogens (tertiary/aromatic N) is 1. The zero-order valence-electron chi connectivity index (χ0n) is 11.7. The number of rotatable bonds is 0. The Morgan fingerprint density at radius 2 is 1.81 bits per heavy atom. The molecule has 0 fully saturated rings. The van der Waals surface area contributed by atoms with Crippen LogP contribution < -0.4 is 0 Å². The molecule has 100 valence electrons. The topological polar surface area (TPSA) is 12.9 Å². The molecule has 4 aromatic rings. The first-order chi connectivity index (χ1) is 10.3. The van der Waals surface area contributed by atoms with Crippen LogP contribution in [0.2, 0.25) is 0 Å². The lowest BCUT2D eigenvalue weighted by Crippen LogP contribution is -1.89. The molecule has 0 atom stereocenters. The molecule has 0 aliphatic heterocycles. The smallest absolute Gasteiger partial charge is 0.0750 e. The number of hydrogen-bond acceptors (Lipinski definition) is 2. The summed E-state index contributed by atoms with van der Waals surface area (Å²) >= 11 is 1.87. The first-order valence-electron chi connectivity index (χ1n) is 7.22. The average molecular weight is 287 g/mol. The molecule has 0 spiro atoms. The number of aryl methyl sites for hydroxylation is 1. The van der Waals surface area contributed by atoms with Crippen LogP contribution in [-0.2, 0) is 6.42 Å². The molecule has 1 aliphatic carbocycles. The van der Waals surface area contributed by atoms with Crippen molar-refractivity contribution in [1.29, 1.82) is 0 Å². The monoisotopic (exact) mass is 287 g/mol. The number of aromatic nitrogens is 1. The molecule has 1 aliphatic rings. The molecule has 5 rings (SSSR count). The van der Waals surface area contributed by atoms with E-state index >= 15 is 0 Å². The average Bonchev–Trinajstić information content (AvgIpc) is 3.06. The Bertz CT molecular complexity index is 1030. The first-order valence-corrected chi connectivity index (χ1v) is 8.03. The van der Waals surface area contributed by atoms with E-state index in [-0.39, 0.29) is 0 Å². The fraction of sp³-hybridized carbons (Fsp3) is 0.105. The van der Waals surface area contributed by atoms with Gasteiger partial charge in [-0.1, -0.05) is 42.5 Å². The zero-order valence-corrected chi connectivity index (χ0v) is 12.5. The Labute approximate surface area is 126 Å². The minimum Gasteiger partial charge on any atom is -0.251 e. The van der Waals surface area contributed by atoms with Crippen molar-refractivity contribution < 1.29 is 0 Å². The van der Waals surface area contributed by atoms with Crippen molar-refractivity contribution in [2.45, 2.75) is 13.3 Å². The second-order valence-corrected chi connectivity index (χ2v) is 6.71. The SMILES string of the molecule is Cc1nc2c(c3c1sc1ccccc13)Cc1ccccc1-2. The maximum absolute atomic E-state index is 4.93. The summed E-state index contributed by atoms with van der Waals surface area (Å²) in [5.74, 6) is 0. The van der Waals surface area contributed by atoms with Crippen LogP contribution in [0.3, 0.4) is 0 Å². The Morgan fingerprint density at radius 1 is 1.00 bits per heavy atom. The summed E-state index contributed by atoms with van der Waals surface area (Å²) in [6.07, 6.45) is 1.01. The lowest BCUT2D eigenvalue weighted by atomic mass is 10.0. The van der Waals surface area contributed by atoms with E-state index in [9.17, 15) is 0 Å². The molecular formula is C19H13NS. The van der Waals surface area contributed by atoms with Crippen LogP contribution in [0.15, 0.2) is 48.5 Å². The van der Waals surface area contributed by atoms with Crippen molar-refractivity contribution in [3.05, 3.63) is 65.4 Å². The van der Waals surface area contributed by atoms with Gasteiger partial charge in [0.1, 0.15) is 0 Å². The third-order valence-corrected chi connectivity index (χ3v) is 5.71. The molecule has 0 saturated heterocycles. The standard InChI is InChI=1S/C19H13NS/c1-11-19-17(14-8-4-5-9-16(14)21-19)15-10-12-6-2-3-7-13(12)18(15)20-11/h2-9H,10H2,1H3. The highest BCUT2D eigenvalue weighted by Gasteiger charge is 2.24. The highest BCUT2D eigenvalue weighted by Crippen LogP contribution is 2.45. The summed E-state index contributed by atoms with van der Waals surface area (Å²) in [6.45, 7) is 2.14. The van der Waals surface area contributed by atoms with Gasteiger partial charge in [-0.25, -0.2) is 0 Å². The predicted octanol–water partition coefficient (Wildman–Crippen LogP) is 5.33. The van der Waals surface area contributed by atoms with Crippen LogP contribution in [0.5, 0.6) is 0 Å². The summed E-state index contributed by atoms with van der Waals surface area (Å²) in [5, 5.41) is 2.81. The van der Waals surface area contributed by atoms with E-state index in [0.29, 0.717) is 0 Å². The number of hydrogen-bond donors (Lipinski definition) is 0. The lowest BCUT2D eigenvalue weighted by molar-refractivity contribution is 1.22. The molecule has 0 bridgehead atoms. The van der Waals surface area contributed by atoms with E-state index < -0.39 is 0 Å². The van der Waals surface area contributed by atoms with Gasteiger partial charge in [-0.2, -0.15) is 0 Å². The molecular weight excluding hydrogens is 274 g/mol. The van der Waals surface area contributed by atoms with E-state index in [1.54, 1.807) is 0 Å². The predicted molar refractivity (Wildman–Crippen MR) is 90.1 cm³/mol. The van der Waals surface area contributed by atoms with Gasteiger partial charge in [-0.05, 0) is 24.1 Å². The molecule has 21 heavy (non-hydrogen) atoms. The largest absolute Gasteiger partial charge is 0.251 e. The van der Waals surface area contributed by atoms with Crippen LogP contribution >= 0.6 is 11.3 Å². The second kappa shape index (κ2) is 3.92.